The van der Waals surface area contributed by atoms with E-state index in [9.17, 15) is 28.5 Å². The smallest absolute Gasteiger partial charge is 0.266 e. The van der Waals surface area contributed by atoms with Gasteiger partial charge in [0.05, 0.1) is 23.6 Å². The van der Waals surface area contributed by atoms with Crippen molar-refractivity contribution in [1.82, 2.24) is 5.32 Å². The van der Waals surface area contributed by atoms with Crippen molar-refractivity contribution < 1.29 is 33.1 Å². The zero-order valence-corrected chi connectivity index (χ0v) is 22.3. The summed E-state index contributed by atoms with van der Waals surface area (Å²) in [4.78, 5) is 12.2. The molecule has 0 aromatic carbocycles. The van der Waals surface area contributed by atoms with E-state index in [4.69, 9.17) is 4.55 Å². The van der Waals surface area contributed by atoms with Crippen LogP contribution in [0.1, 0.15) is 85.0 Å². The monoisotopic (exact) mass is 515 g/mol. The van der Waals surface area contributed by atoms with Gasteiger partial charge in [-0.05, 0) is 85.4 Å². The van der Waals surface area contributed by atoms with Gasteiger partial charge in [0, 0.05) is 25.8 Å². The van der Waals surface area contributed by atoms with E-state index < -0.39 is 33.7 Å². The van der Waals surface area contributed by atoms with Crippen molar-refractivity contribution >= 4 is 16.0 Å². The molecule has 0 radical (unpaired) electrons. The minimum atomic E-state index is -4.08. The van der Waals surface area contributed by atoms with Gasteiger partial charge < -0.3 is 20.6 Å². The summed E-state index contributed by atoms with van der Waals surface area (Å²) in [5, 5.41) is 35.8. The van der Waals surface area contributed by atoms with Crippen molar-refractivity contribution in [1.29, 1.82) is 0 Å². The normalized spacial score (nSPS) is 46.3. The number of hydrogen-bond donors (Lipinski definition) is 5. The fraction of sp³-hybridized carbons (Fsp3) is 0.962. The lowest BCUT2D eigenvalue weighted by Gasteiger charge is -2.65. The number of hydrogen-bond acceptors (Lipinski definition) is 6. The van der Waals surface area contributed by atoms with E-state index in [-0.39, 0.29) is 35.1 Å². The van der Waals surface area contributed by atoms with Crippen molar-refractivity contribution in [3.8, 4) is 0 Å². The Labute approximate surface area is 210 Å². The molecule has 9 heteroatoms. The molecule has 0 bridgehead atoms. The average molecular weight is 516 g/mol. The van der Waals surface area contributed by atoms with Gasteiger partial charge in [-0.15, -0.1) is 0 Å². The number of carbonyl (C=O) groups excluding carboxylic acids is 1. The molecule has 0 aromatic heterocycles. The zero-order chi connectivity index (χ0) is 25.8. The third-order valence-corrected chi connectivity index (χ3v) is 11.8. The molecular formula is C26H45NO7S. The summed E-state index contributed by atoms with van der Waals surface area (Å²) in [6.07, 6.45) is 6.37. The summed E-state index contributed by atoms with van der Waals surface area (Å²) in [6.45, 7) is 6.68. The summed E-state index contributed by atoms with van der Waals surface area (Å²) >= 11 is 0. The van der Waals surface area contributed by atoms with E-state index in [1.807, 2.05) is 0 Å². The Morgan fingerprint density at radius 3 is 2.46 bits per heavy atom. The highest BCUT2D eigenvalue weighted by Crippen LogP contribution is 2.69. The van der Waals surface area contributed by atoms with Crippen molar-refractivity contribution in [2.45, 2.75) is 103 Å². The average Bonchev–Trinajstić information content (AvgIpc) is 3.09. The van der Waals surface area contributed by atoms with E-state index in [0.717, 1.165) is 38.5 Å². The molecule has 4 fully saturated rings. The largest absolute Gasteiger partial charge is 0.393 e. The number of aliphatic hydroxyl groups excluding tert-OH is 2. The van der Waals surface area contributed by atoms with Crippen LogP contribution in [0.5, 0.6) is 0 Å². The van der Waals surface area contributed by atoms with Gasteiger partial charge >= 0.3 is 0 Å². The first-order valence-electron chi connectivity index (χ1n) is 13.5. The lowest BCUT2D eigenvalue weighted by molar-refractivity contribution is -0.249. The van der Waals surface area contributed by atoms with Gasteiger partial charge in [0.25, 0.3) is 10.1 Å². The Bertz CT molecular complexity index is 911. The molecule has 0 aliphatic heterocycles. The molecule has 4 saturated carbocycles. The minimum Gasteiger partial charge on any atom is -0.393 e. The van der Waals surface area contributed by atoms with Crippen LogP contribution in [0.15, 0.2) is 0 Å². The molecule has 4 rings (SSSR count). The summed E-state index contributed by atoms with van der Waals surface area (Å²) in [5.74, 6) is 0.910. The van der Waals surface area contributed by atoms with Crippen molar-refractivity contribution in [3.05, 3.63) is 0 Å². The maximum atomic E-state index is 12.2. The number of fused-ring (bicyclic) bond motifs is 5. The van der Waals surface area contributed by atoms with E-state index >= 15 is 0 Å². The fourth-order valence-corrected chi connectivity index (χ4v) is 9.53. The Morgan fingerprint density at radius 1 is 1.06 bits per heavy atom. The first-order valence-corrected chi connectivity index (χ1v) is 15.1. The predicted octanol–water partition coefficient (Wildman–Crippen LogP) is 2.51. The molecule has 35 heavy (non-hydrogen) atoms. The van der Waals surface area contributed by atoms with Gasteiger partial charge in [-0.2, -0.15) is 8.42 Å². The molecular weight excluding hydrogens is 470 g/mol. The van der Waals surface area contributed by atoms with Gasteiger partial charge in [-0.25, -0.2) is 0 Å². The Kier molecular flexibility index (Phi) is 7.43. The highest BCUT2D eigenvalue weighted by Gasteiger charge is 2.67. The van der Waals surface area contributed by atoms with Gasteiger partial charge in [0.1, 0.15) is 0 Å². The van der Waals surface area contributed by atoms with Crippen LogP contribution < -0.4 is 5.32 Å². The standard InChI is InChI=1S/C26H45NO7S/c1-16(4-7-22(30)27-12-13-35(32,33)34)18-5-6-19-23-20(9-10-24(18,19)2)25(3)11-8-17(28)14-26(25,31)15-21(23)29/h16-21,23,28-29,31H,4-15H2,1-3H3,(H,27,30)(H,32,33,34)/t16-,17-,18-,19-,20+,21-,23-,24-,25-,26-/m1/s1. The molecule has 202 valence electrons. The molecule has 8 nitrogen and oxygen atoms in total. The molecule has 5 N–H and O–H groups in total. The first-order chi connectivity index (χ1) is 16.2. The van der Waals surface area contributed by atoms with Crippen LogP contribution in [-0.2, 0) is 14.9 Å². The van der Waals surface area contributed by atoms with Gasteiger partial charge in [0.2, 0.25) is 5.91 Å². The third kappa shape index (κ3) is 4.92. The summed E-state index contributed by atoms with van der Waals surface area (Å²) in [6, 6.07) is 0. The SMILES string of the molecule is C[C@H](CCC(=O)NCCS(=O)(=O)O)[C@H]1CC[C@@H]2[C@H]3[C@H](O)C[C@]4(O)C[C@H](O)CC[C@]4(C)[C@H]3CC[C@@]21C. The second-order valence-electron chi connectivity index (χ2n) is 12.8. The van der Waals surface area contributed by atoms with Crippen molar-refractivity contribution in [3.63, 3.8) is 0 Å². The second-order valence-corrected chi connectivity index (χ2v) is 14.4. The van der Waals surface area contributed by atoms with Crippen LogP contribution in [0.25, 0.3) is 0 Å². The lowest BCUT2D eigenvalue weighted by Crippen LogP contribution is -2.66. The molecule has 10 atom stereocenters. The first kappa shape index (κ1) is 27.3. The van der Waals surface area contributed by atoms with Gasteiger partial charge in [-0.3, -0.25) is 9.35 Å². The highest BCUT2D eigenvalue weighted by atomic mass is 32.2. The quantitative estimate of drug-likeness (QED) is 0.328. The molecule has 0 unspecified atom stereocenters. The molecule has 4 aliphatic carbocycles. The summed E-state index contributed by atoms with van der Waals surface area (Å²) in [7, 11) is -4.08. The molecule has 4 aliphatic rings. The van der Waals surface area contributed by atoms with Crippen LogP contribution in [0.2, 0.25) is 0 Å². The van der Waals surface area contributed by atoms with Crippen LogP contribution in [0, 0.1) is 40.4 Å². The maximum absolute atomic E-state index is 12.2. The number of carbonyl (C=O) groups is 1. The maximum Gasteiger partial charge on any atom is 0.266 e. The zero-order valence-electron chi connectivity index (χ0n) is 21.4. The van der Waals surface area contributed by atoms with Crippen LogP contribution in [0.3, 0.4) is 0 Å². The Morgan fingerprint density at radius 2 is 1.77 bits per heavy atom. The Balaban J connectivity index is 1.41. The van der Waals surface area contributed by atoms with Crippen LogP contribution in [-0.4, -0.2) is 64.3 Å². The molecule has 0 saturated heterocycles. The van der Waals surface area contributed by atoms with E-state index in [1.54, 1.807) is 0 Å². The fourth-order valence-electron chi connectivity index (χ4n) is 9.17. The predicted molar refractivity (Wildman–Crippen MR) is 132 cm³/mol. The van der Waals surface area contributed by atoms with Crippen LogP contribution in [0.4, 0.5) is 0 Å². The van der Waals surface area contributed by atoms with Gasteiger partial charge in [-0.1, -0.05) is 20.8 Å². The summed E-state index contributed by atoms with van der Waals surface area (Å²) < 4.78 is 30.5. The molecule has 0 aromatic rings. The molecule has 1 amide bonds. The minimum absolute atomic E-state index is 0.0850. The lowest BCUT2D eigenvalue weighted by atomic mass is 9.42. The van der Waals surface area contributed by atoms with E-state index in [1.165, 1.54) is 0 Å². The highest BCUT2D eigenvalue weighted by molar-refractivity contribution is 7.85. The van der Waals surface area contributed by atoms with Gasteiger partial charge in [0.15, 0.2) is 0 Å². The number of aliphatic hydroxyl groups is 3. The number of nitrogens with one attached hydrogen (secondary N) is 1. The number of amides is 1. The molecule has 0 spiro atoms. The summed E-state index contributed by atoms with van der Waals surface area (Å²) in [5.41, 5.74) is -1.20. The second kappa shape index (κ2) is 9.53. The van der Waals surface area contributed by atoms with Crippen molar-refractivity contribution in [2.75, 3.05) is 12.3 Å². The Hall–Kier alpha value is -0.740. The van der Waals surface area contributed by atoms with E-state index in [0.29, 0.717) is 43.4 Å². The van der Waals surface area contributed by atoms with Crippen LogP contribution >= 0.6 is 0 Å². The topological polar surface area (TPSA) is 144 Å². The number of rotatable bonds is 7. The molecule has 0 heterocycles. The van der Waals surface area contributed by atoms with Crippen molar-refractivity contribution in [2.24, 2.45) is 40.4 Å². The third-order valence-electron chi connectivity index (χ3n) is 11.0. The van der Waals surface area contributed by atoms with E-state index in [2.05, 4.69) is 26.1 Å².